The Morgan fingerprint density at radius 1 is 1.47 bits per heavy atom. The van der Waals surface area contributed by atoms with Crippen LogP contribution >= 0.6 is 0 Å². The maximum atomic E-state index is 11.3. The van der Waals surface area contributed by atoms with Crippen LogP contribution in [0.4, 0.5) is 5.82 Å². The Kier molecular flexibility index (Phi) is 3.37. The van der Waals surface area contributed by atoms with E-state index in [9.17, 15) is 9.59 Å². The molecule has 0 spiro atoms. The van der Waals surface area contributed by atoms with Gasteiger partial charge in [0.2, 0.25) is 5.91 Å². The molecule has 5 nitrogen and oxygen atoms in total. The summed E-state index contributed by atoms with van der Waals surface area (Å²) in [5.74, 6) is 0.849. The number of nitrogens with one attached hydrogen (secondary N) is 1. The van der Waals surface area contributed by atoms with Gasteiger partial charge in [0.15, 0.2) is 5.78 Å². The summed E-state index contributed by atoms with van der Waals surface area (Å²) in [6, 6.07) is 3.48. The molecule has 5 heteroatoms. The van der Waals surface area contributed by atoms with Gasteiger partial charge >= 0.3 is 0 Å². The highest BCUT2D eigenvalue weighted by molar-refractivity contribution is 5.94. The molecule has 1 aromatic heterocycles. The number of hydrogen-bond acceptors (Lipinski definition) is 4. The minimum atomic E-state index is 0.0256. The standard InChI is InChI=1S/C12H15N3O2/c1-9(16)10-2-4-13-11(8-10)15-6-3-12(17)14-5-7-15/h2,4,8H,3,5-7H2,1H3,(H,14,17). The van der Waals surface area contributed by atoms with Crippen molar-refractivity contribution in [2.45, 2.75) is 13.3 Å². The molecule has 2 rings (SSSR count). The first-order valence-corrected chi connectivity index (χ1v) is 5.65. The molecule has 1 aliphatic rings. The van der Waals surface area contributed by atoms with E-state index >= 15 is 0 Å². The number of rotatable bonds is 2. The van der Waals surface area contributed by atoms with Crippen molar-refractivity contribution in [3.8, 4) is 0 Å². The summed E-state index contributed by atoms with van der Waals surface area (Å²) in [5.41, 5.74) is 0.651. The molecule has 2 heterocycles. The van der Waals surface area contributed by atoms with Gasteiger partial charge in [-0.15, -0.1) is 0 Å². The normalized spacial score (nSPS) is 16.3. The van der Waals surface area contributed by atoms with E-state index in [1.165, 1.54) is 6.92 Å². The first-order chi connectivity index (χ1) is 8.16. The molecule has 0 radical (unpaired) electrons. The molecule has 1 N–H and O–H groups in total. The lowest BCUT2D eigenvalue weighted by Crippen LogP contribution is -2.29. The summed E-state index contributed by atoms with van der Waals surface area (Å²) < 4.78 is 0. The predicted molar refractivity (Wildman–Crippen MR) is 64.1 cm³/mol. The number of Topliss-reactive ketones (excluding diaryl/α,β-unsaturated/α-hetero) is 1. The Labute approximate surface area is 99.8 Å². The fourth-order valence-corrected chi connectivity index (χ4v) is 1.81. The van der Waals surface area contributed by atoms with Crippen molar-refractivity contribution >= 4 is 17.5 Å². The van der Waals surface area contributed by atoms with E-state index in [0.717, 1.165) is 12.4 Å². The Morgan fingerprint density at radius 2 is 2.29 bits per heavy atom. The van der Waals surface area contributed by atoms with E-state index in [0.29, 0.717) is 25.1 Å². The summed E-state index contributed by atoms with van der Waals surface area (Å²) in [5, 5.41) is 2.81. The van der Waals surface area contributed by atoms with Crippen molar-refractivity contribution in [1.82, 2.24) is 10.3 Å². The highest BCUT2D eigenvalue weighted by Gasteiger charge is 2.15. The molecule has 17 heavy (non-hydrogen) atoms. The number of anilines is 1. The van der Waals surface area contributed by atoms with Crippen LogP contribution in [0.5, 0.6) is 0 Å². The Bertz CT molecular complexity index is 445. The first kappa shape index (κ1) is 11.6. The van der Waals surface area contributed by atoms with E-state index in [1.807, 2.05) is 4.90 Å². The molecule has 0 unspecified atom stereocenters. The molecule has 1 aliphatic heterocycles. The largest absolute Gasteiger partial charge is 0.354 e. The molecular formula is C12H15N3O2. The monoisotopic (exact) mass is 233 g/mol. The molecule has 0 aliphatic carbocycles. The van der Waals surface area contributed by atoms with Crippen molar-refractivity contribution in [3.05, 3.63) is 23.9 Å². The smallest absolute Gasteiger partial charge is 0.221 e. The van der Waals surface area contributed by atoms with Crippen molar-refractivity contribution in [3.63, 3.8) is 0 Å². The maximum absolute atomic E-state index is 11.3. The SMILES string of the molecule is CC(=O)c1ccnc(N2CCNC(=O)CC2)c1. The van der Waals surface area contributed by atoms with Crippen LogP contribution in [0.15, 0.2) is 18.3 Å². The van der Waals surface area contributed by atoms with Gasteiger partial charge in [-0.2, -0.15) is 0 Å². The van der Waals surface area contributed by atoms with Crippen LogP contribution in [-0.2, 0) is 4.79 Å². The number of amides is 1. The molecule has 1 fully saturated rings. The van der Waals surface area contributed by atoms with Crippen molar-refractivity contribution < 1.29 is 9.59 Å². The lowest BCUT2D eigenvalue weighted by atomic mass is 10.2. The van der Waals surface area contributed by atoms with E-state index in [-0.39, 0.29) is 11.7 Å². The van der Waals surface area contributed by atoms with Gasteiger partial charge in [0.1, 0.15) is 5.82 Å². The number of ketones is 1. The number of aromatic nitrogens is 1. The highest BCUT2D eigenvalue weighted by atomic mass is 16.1. The van der Waals surface area contributed by atoms with Crippen LogP contribution in [-0.4, -0.2) is 36.3 Å². The summed E-state index contributed by atoms with van der Waals surface area (Å²) in [6.45, 7) is 3.51. The molecule has 1 saturated heterocycles. The second-order valence-electron chi connectivity index (χ2n) is 4.05. The van der Waals surface area contributed by atoms with Crippen LogP contribution < -0.4 is 10.2 Å². The summed E-state index contributed by atoms with van der Waals surface area (Å²) in [6.07, 6.45) is 2.10. The lowest BCUT2D eigenvalue weighted by Gasteiger charge is -2.20. The molecule has 0 atom stereocenters. The summed E-state index contributed by atoms with van der Waals surface area (Å²) >= 11 is 0. The lowest BCUT2D eigenvalue weighted by molar-refractivity contribution is -0.120. The second kappa shape index (κ2) is 4.95. The predicted octanol–water partition coefficient (Wildman–Crippen LogP) is 0.610. The van der Waals surface area contributed by atoms with Gasteiger partial charge in [0, 0.05) is 37.8 Å². The minimum Gasteiger partial charge on any atom is -0.354 e. The maximum Gasteiger partial charge on any atom is 0.221 e. The highest BCUT2D eigenvalue weighted by Crippen LogP contribution is 2.14. The average molecular weight is 233 g/mol. The van der Waals surface area contributed by atoms with Crippen LogP contribution in [0.2, 0.25) is 0 Å². The van der Waals surface area contributed by atoms with Crippen molar-refractivity contribution in [2.75, 3.05) is 24.5 Å². The number of nitrogens with zero attached hydrogens (tertiary/aromatic N) is 2. The molecule has 0 bridgehead atoms. The molecule has 1 aromatic rings. The fraction of sp³-hybridized carbons (Fsp3) is 0.417. The van der Waals surface area contributed by atoms with E-state index in [2.05, 4.69) is 10.3 Å². The number of pyridine rings is 1. The van der Waals surface area contributed by atoms with E-state index in [1.54, 1.807) is 18.3 Å². The van der Waals surface area contributed by atoms with Gasteiger partial charge in [-0.1, -0.05) is 0 Å². The van der Waals surface area contributed by atoms with Gasteiger partial charge in [-0.05, 0) is 19.1 Å². The molecule has 90 valence electrons. The number of hydrogen-bond donors (Lipinski definition) is 1. The minimum absolute atomic E-state index is 0.0256. The molecule has 0 saturated carbocycles. The van der Waals surface area contributed by atoms with Crippen LogP contribution in [0.3, 0.4) is 0 Å². The topological polar surface area (TPSA) is 62.3 Å². The number of carbonyl (C=O) groups is 2. The van der Waals surface area contributed by atoms with Crippen LogP contribution in [0, 0.1) is 0 Å². The Hall–Kier alpha value is -1.91. The Morgan fingerprint density at radius 3 is 3.06 bits per heavy atom. The molecular weight excluding hydrogens is 218 g/mol. The quantitative estimate of drug-likeness (QED) is 0.760. The summed E-state index contributed by atoms with van der Waals surface area (Å²) in [7, 11) is 0. The van der Waals surface area contributed by atoms with Gasteiger partial charge in [-0.25, -0.2) is 4.98 Å². The van der Waals surface area contributed by atoms with Gasteiger partial charge in [-0.3, -0.25) is 9.59 Å². The zero-order chi connectivity index (χ0) is 12.3. The summed E-state index contributed by atoms with van der Waals surface area (Å²) in [4.78, 5) is 28.8. The molecule has 1 amide bonds. The second-order valence-corrected chi connectivity index (χ2v) is 4.05. The van der Waals surface area contributed by atoms with Gasteiger partial charge in [0.05, 0.1) is 0 Å². The van der Waals surface area contributed by atoms with Crippen LogP contribution in [0.25, 0.3) is 0 Å². The zero-order valence-corrected chi connectivity index (χ0v) is 9.77. The third-order valence-electron chi connectivity index (χ3n) is 2.79. The van der Waals surface area contributed by atoms with Crippen molar-refractivity contribution in [2.24, 2.45) is 0 Å². The van der Waals surface area contributed by atoms with Crippen molar-refractivity contribution in [1.29, 1.82) is 0 Å². The number of carbonyl (C=O) groups excluding carboxylic acids is 2. The van der Waals surface area contributed by atoms with E-state index in [4.69, 9.17) is 0 Å². The third kappa shape index (κ3) is 2.81. The zero-order valence-electron chi connectivity index (χ0n) is 9.77. The first-order valence-electron chi connectivity index (χ1n) is 5.65. The third-order valence-corrected chi connectivity index (χ3v) is 2.79. The Balaban J connectivity index is 2.18. The molecule has 0 aromatic carbocycles. The van der Waals surface area contributed by atoms with Gasteiger partial charge < -0.3 is 10.2 Å². The van der Waals surface area contributed by atoms with E-state index < -0.39 is 0 Å². The van der Waals surface area contributed by atoms with Crippen LogP contribution in [0.1, 0.15) is 23.7 Å². The fourth-order valence-electron chi connectivity index (χ4n) is 1.81. The average Bonchev–Trinajstić information content (AvgIpc) is 2.54. The van der Waals surface area contributed by atoms with Gasteiger partial charge in [0.25, 0.3) is 0 Å².